The van der Waals surface area contributed by atoms with Gasteiger partial charge in [0.15, 0.2) is 0 Å². The quantitative estimate of drug-likeness (QED) is 0.920. The Kier molecular flexibility index (Phi) is 4.04. The first kappa shape index (κ1) is 13.9. The van der Waals surface area contributed by atoms with Gasteiger partial charge in [0.2, 0.25) is 0 Å². The average molecular weight is 285 g/mol. The van der Waals surface area contributed by atoms with Crippen molar-refractivity contribution in [3.05, 3.63) is 54.1 Å². The summed E-state index contributed by atoms with van der Waals surface area (Å²) in [4.78, 5) is 6.23. The van der Waals surface area contributed by atoms with Gasteiger partial charge in [-0.3, -0.25) is 4.98 Å². The summed E-state index contributed by atoms with van der Waals surface area (Å²) in [6.45, 7) is 3.95. The third kappa shape index (κ3) is 3.15. The number of hydrogen-bond donors (Lipinski definition) is 1. The van der Waals surface area contributed by atoms with Crippen molar-refractivity contribution in [2.45, 2.75) is 25.8 Å². The van der Waals surface area contributed by atoms with Crippen molar-refractivity contribution >= 4 is 11.4 Å². The first-order chi connectivity index (χ1) is 10.2. The van der Waals surface area contributed by atoms with Gasteiger partial charge in [0.25, 0.3) is 0 Å². The van der Waals surface area contributed by atoms with Gasteiger partial charge in [0.05, 0.1) is 11.7 Å². The smallest absolute Gasteiger partial charge is 0.148 e. The van der Waals surface area contributed by atoms with Crippen LogP contribution in [0.5, 0.6) is 0 Å². The second-order valence-electron chi connectivity index (χ2n) is 5.51. The number of rotatable bonds is 4. The summed E-state index contributed by atoms with van der Waals surface area (Å²) in [5, 5.41) is 3.32. The molecule has 1 fully saturated rings. The van der Waals surface area contributed by atoms with Crippen LogP contribution in [-0.4, -0.2) is 18.1 Å². The van der Waals surface area contributed by atoms with Crippen molar-refractivity contribution in [1.29, 1.82) is 0 Å². The number of aromatic nitrogens is 1. The van der Waals surface area contributed by atoms with Crippen LogP contribution in [0.15, 0.2) is 42.7 Å². The van der Waals surface area contributed by atoms with Crippen LogP contribution in [0.25, 0.3) is 0 Å². The predicted octanol–water partition coefficient (Wildman–Crippen LogP) is 3.99. The van der Waals surface area contributed by atoms with Gasteiger partial charge in [-0.05, 0) is 49.6 Å². The van der Waals surface area contributed by atoms with E-state index in [1.165, 1.54) is 0 Å². The maximum Gasteiger partial charge on any atom is 0.148 e. The van der Waals surface area contributed by atoms with Crippen LogP contribution in [0.2, 0.25) is 0 Å². The van der Waals surface area contributed by atoms with E-state index in [1.807, 2.05) is 37.4 Å². The van der Waals surface area contributed by atoms with E-state index in [1.54, 1.807) is 12.3 Å². The van der Waals surface area contributed by atoms with E-state index in [2.05, 4.69) is 15.2 Å². The van der Waals surface area contributed by atoms with Crippen molar-refractivity contribution in [3.63, 3.8) is 0 Å². The molecule has 4 heteroatoms. The van der Waals surface area contributed by atoms with E-state index in [9.17, 15) is 4.39 Å². The molecule has 0 spiro atoms. The minimum absolute atomic E-state index is 0.0933. The fourth-order valence-corrected chi connectivity index (χ4v) is 2.78. The lowest BCUT2D eigenvalue weighted by atomic mass is 10.1. The minimum atomic E-state index is -0.153. The molecule has 110 valence electrons. The zero-order valence-corrected chi connectivity index (χ0v) is 12.2. The van der Waals surface area contributed by atoms with Crippen molar-refractivity contribution in [2.75, 3.05) is 23.3 Å². The largest absolute Gasteiger partial charge is 0.378 e. The third-order valence-corrected chi connectivity index (χ3v) is 3.96. The molecule has 1 aliphatic heterocycles. The molecule has 3 nitrogen and oxygen atoms in total. The Balaban J connectivity index is 1.73. The van der Waals surface area contributed by atoms with Crippen LogP contribution in [0, 0.1) is 5.82 Å². The van der Waals surface area contributed by atoms with Gasteiger partial charge >= 0.3 is 0 Å². The molecule has 1 atom stereocenters. The molecule has 0 bridgehead atoms. The SMILES string of the molecule is CC(Nc1ccc(N2CCCC2)c(F)c1)c1cccnc1. The van der Waals surface area contributed by atoms with Crippen molar-refractivity contribution in [2.24, 2.45) is 0 Å². The van der Waals surface area contributed by atoms with E-state index in [4.69, 9.17) is 0 Å². The molecule has 2 heterocycles. The fraction of sp³-hybridized carbons (Fsp3) is 0.353. The Labute approximate surface area is 124 Å². The fourth-order valence-electron chi connectivity index (χ4n) is 2.78. The van der Waals surface area contributed by atoms with Gasteiger partial charge in [-0.15, -0.1) is 0 Å². The summed E-state index contributed by atoms with van der Waals surface area (Å²) in [6.07, 6.45) is 5.88. The number of nitrogens with one attached hydrogen (secondary N) is 1. The summed E-state index contributed by atoms with van der Waals surface area (Å²) in [5.41, 5.74) is 2.60. The Morgan fingerprint density at radius 1 is 1.24 bits per heavy atom. The molecule has 1 saturated heterocycles. The van der Waals surface area contributed by atoms with Crippen molar-refractivity contribution in [1.82, 2.24) is 4.98 Å². The highest BCUT2D eigenvalue weighted by atomic mass is 19.1. The molecular formula is C17H20FN3. The minimum Gasteiger partial charge on any atom is -0.378 e. The second-order valence-corrected chi connectivity index (χ2v) is 5.51. The highest BCUT2D eigenvalue weighted by molar-refractivity contribution is 5.57. The normalized spacial score (nSPS) is 16.0. The molecule has 1 aromatic heterocycles. The molecule has 0 aliphatic carbocycles. The van der Waals surface area contributed by atoms with Gasteiger partial charge in [-0.1, -0.05) is 6.07 Å². The molecule has 1 aromatic carbocycles. The van der Waals surface area contributed by atoms with Crippen molar-refractivity contribution in [3.8, 4) is 0 Å². The summed E-state index contributed by atoms with van der Waals surface area (Å²) in [6, 6.07) is 9.42. The van der Waals surface area contributed by atoms with Crippen LogP contribution in [-0.2, 0) is 0 Å². The van der Waals surface area contributed by atoms with E-state index >= 15 is 0 Å². The molecule has 0 amide bonds. The zero-order valence-electron chi connectivity index (χ0n) is 12.2. The maximum atomic E-state index is 14.3. The zero-order chi connectivity index (χ0) is 14.7. The van der Waals surface area contributed by atoms with Crippen LogP contribution in [0.1, 0.15) is 31.4 Å². The van der Waals surface area contributed by atoms with Gasteiger partial charge in [-0.25, -0.2) is 4.39 Å². The lowest BCUT2D eigenvalue weighted by Gasteiger charge is -2.20. The molecule has 21 heavy (non-hydrogen) atoms. The van der Waals surface area contributed by atoms with Crippen LogP contribution >= 0.6 is 0 Å². The first-order valence-corrected chi connectivity index (χ1v) is 7.45. The Hall–Kier alpha value is -2.10. The predicted molar refractivity (Wildman–Crippen MR) is 84.1 cm³/mol. The molecule has 3 rings (SSSR count). The molecule has 1 aliphatic rings. The molecule has 2 aromatic rings. The highest BCUT2D eigenvalue weighted by Gasteiger charge is 2.16. The van der Waals surface area contributed by atoms with Gasteiger partial charge in [-0.2, -0.15) is 0 Å². The molecular weight excluding hydrogens is 265 g/mol. The number of hydrogen-bond acceptors (Lipinski definition) is 3. The van der Waals surface area contributed by atoms with Gasteiger partial charge in [0, 0.05) is 31.2 Å². The Morgan fingerprint density at radius 3 is 2.71 bits per heavy atom. The molecule has 0 radical (unpaired) electrons. The van der Waals surface area contributed by atoms with Crippen LogP contribution in [0.4, 0.5) is 15.8 Å². The Bertz CT molecular complexity index is 594. The van der Waals surface area contributed by atoms with E-state index in [0.717, 1.165) is 37.2 Å². The van der Waals surface area contributed by atoms with E-state index in [-0.39, 0.29) is 11.9 Å². The summed E-state index contributed by atoms with van der Waals surface area (Å²) < 4.78 is 14.3. The highest BCUT2D eigenvalue weighted by Crippen LogP contribution is 2.27. The first-order valence-electron chi connectivity index (χ1n) is 7.45. The number of anilines is 2. The van der Waals surface area contributed by atoms with Gasteiger partial charge < -0.3 is 10.2 Å². The van der Waals surface area contributed by atoms with Gasteiger partial charge in [0.1, 0.15) is 5.82 Å². The number of nitrogens with zero attached hydrogens (tertiary/aromatic N) is 2. The van der Waals surface area contributed by atoms with E-state index in [0.29, 0.717) is 5.69 Å². The number of halogens is 1. The second kappa shape index (κ2) is 6.12. The standard InChI is InChI=1S/C17H20FN3/c1-13(14-5-4-8-19-12-14)20-15-6-7-17(16(18)11-15)21-9-2-3-10-21/h4-8,11-13,20H,2-3,9-10H2,1H3. The summed E-state index contributed by atoms with van der Waals surface area (Å²) >= 11 is 0. The molecule has 0 saturated carbocycles. The summed E-state index contributed by atoms with van der Waals surface area (Å²) in [5.74, 6) is -0.153. The maximum absolute atomic E-state index is 14.3. The average Bonchev–Trinajstić information content (AvgIpc) is 3.02. The lowest BCUT2D eigenvalue weighted by Crippen LogP contribution is -2.19. The monoisotopic (exact) mass is 285 g/mol. The molecule has 1 N–H and O–H groups in total. The van der Waals surface area contributed by atoms with Crippen LogP contribution in [0.3, 0.4) is 0 Å². The van der Waals surface area contributed by atoms with Crippen molar-refractivity contribution < 1.29 is 4.39 Å². The number of pyridine rings is 1. The Morgan fingerprint density at radius 2 is 2.05 bits per heavy atom. The number of benzene rings is 1. The summed E-state index contributed by atoms with van der Waals surface area (Å²) in [7, 11) is 0. The van der Waals surface area contributed by atoms with E-state index < -0.39 is 0 Å². The topological polar surface area (TPSA) is 28.2 Å². The van der Waals surface area contributed by atoms with Crippen LogP contribution < -0.4 is 10.2 Å². The molecule has 1 unspecified atom stereocenters. The lowest BCUT2D eigenvalue weighted by molar-refractivity contribution is 0.623. The third-order valence-electron chi connectivity index (χ3n) is 3.96.